The summed E-state index contributed by atoms with van der Waals surface area (Å²) < 4.78 is 10.4. The van der Waals surface area contributed by atoms with Crippen LogP contribution in [0, 0.1) is 6.92 Å². The first kappa shape index (κ1) is 24.8. The molecule has 11 heteroatoms. The van der Waals surface area contributed by atoms with Crippen molar-refractivity contribution in [2.75, 3.05) is 11.9 Å². The standard InChI is InChI=1S/C22H21Cl2N3O5S/c1-5-31-22(30)18-11(4)17(21(29)32-10(2)3)20(33-18)25-19(28)16-9-15(26-27-16)12-6-7-13(23)14(24)8-12/h6-10H,5H2,1-4H3,(H,25,28)(H,26,27). The van der Waals surface area contributed by atoms with Crippen LogP contribution in [-0.2, 0) is 9.47 Å². The average molecular weight is 510 g/mol. The van der Waals surface area contributed by atoms with Crippen LogP contribution in [-0.4, -0.2) is 40.8 Å². The van der Waals surface area contributed by atoms with Crippen LogP contribution in [0.3, 0.4) is 0 Å². The first-order chi connectivity index (χ1) is 15.6. The van der Waals surface area contributed by atoms with Gasteiger partial charge in [-0.1, -0.05) is 29.3 Å². The van der Waals surface area contributed by atoms with Crippen molar-refractivity contribution in [1.29, 1.82) is 0 Å². The van der Waals surface area contributed by atoms with E-state index in [0.29, 0.717) is 26.9 Å². The van der Waals surface area contributed by atoms with E-state index in [1.165, 1.54) is 6.07 Å². The van der Waals surface area contributed by atoms with Crippen molar-refractivity contribution < 1.29 is 23.9 Å². The van der Waals surface area contributed by atoms with Gasteiger partial charge in [-0.2, -0.15) is 5.10 Å². The van der Waals surface area contributed by atoms with E-state index in [0.717, 1.165) is 11.3 Å². The number of thiophene rings is 1. The number of hydrogen-bond donors (Lipinski definition) is 2. The molecule has 0 aliphatic rings. The molecule has 0 aliphatic heterocycles. The van der Waals surface area contributed by atoms with Crippen molar-refractivity contribution in [1.82, 2.24) is 10.2 Å². The molecule has 3 aromatic rings. The summed E-state index contributed by atoms with van der Waals surface area (Å²) in [7, 11) is 0. The lowest BCUT2D eigenvalue weighted by molar-refractivity contribution is 0.0379. The topological polar surface area (TPSA) is 110 Å². The fraction of sp³-hybridized carbons (Fsp3) is 0.273. The summed E-state index contributed by atoms with van der Waals surface area (Å²) in [5.41, 5.74) is 1.77. The van der Waals surface area contributed by atoms with Gasteiger partial charge in [0.05, 0.1) is 34.0 Å². The molecular formula is C22H21Cl2N3O5S. The van der Waals surface area contributed by atoms with Gasteiger partial charge in [-0.05, 0) is 51.5 Å². The van der Waals surface area contributed by atoms with E-state index in [-0.39, 0.29) is 33.8 Å². The normalized spacial score (nSPS) is 10.9. The number of rotatable bonds is 7. The Morgan fingerprint density at radius 3 is 2.52 bits per heavy atom. The van der Waals surface area contributed by atoms with Crippen molar-refractivity contribution in [3.8, 4) is 11.3 Å². The largest absolute Gasteiger partial charge is 0.462 e. The maximum absolute atomic E-state index is 12.9. The predicted octanol–water partition coefficient (Wildman–Crippen LogP) is 5.75. The Balaban J connectivity index is 1.91. The van der Waals surface area contributed by atoms with Crippen LogP contribution < -0.4 is 5.32 Å². The van der Waals surface area contributed by atoms with Crippen molar-refractivity contribution in [2.24, 2.45) is 0 Å². The minimum Gasteiger partial charge on any atom is -0.462 e. The number of hydrogen-bond acceptors (Lipinski definition) is 7. The van der Waals surface area contributed by atoms with Crippen LogP contribution >= 0.6 is 34.5 Å². The van der Waals surface area contributed by atoms with Gasteiger partial charge in [0.25, 0.3) is 5.91 Å². The fourth-order valence-corrected chi connectivity index (χ4v) is 4.31. The SMILES string of the molecule is CCOC(=O)c1sc(NC(=O)c2cc(-c3ccc(Cl)c(Cl)c3)n[nH]2)c(C(=O)OC(C)C)c1C. The number of ether oxygens (including phenoxy) is 2. The maximum atomic E-state index is 12.9. The molecule has 0 saturated heterocycles. The summed E-state index contributed by atoms with van der Waals surface area (Å²) >= 11 is 13.0. The molecule has 0 radical (unpaired) electrons. The third-order valence-corrected chi connectivity index (χ3v) is 6.35. The Morgan fingerprint density at radius 1 is 1.15 bits per heavy atom. The molecule has 0 saturated carbocycles. The Morgan fingerprint density at radius 2 is 1.88 bits per heavy atom. The third kappa shape index (κ3) is 5.55. The lowest BCUT2D eigenvalue weighted by Gasteiger charge is -2.10. The first-order valence-corrected chi connectivity index (χ1v) is 11.5. The number of nitrogens with zero attached hydrogens (tertiary/aromatic N) is 1. The fourth-order valence-electron chi connectivity index (χ4n) is 2.92. The molecule has 2 aromatic heterocycles. The van der Waals surface area contributed by atoms with E-state index in [2.05, 4.69) is 15.5 Å². The molecule has 0 fully saturated rings. The van der Waals surface area contributed by atoms with E-state index in [1.54, 1.807) is 45.9 Å². The molecule has 0 atom stereocenters. The predicted molar refractivity (Wildman–Crippen MR) is 128 cm³/mol. The van der Waals surface area contributed by atoms with Gasteiger partial charge in [0.2, 0.25) is 0 Å². The summed E-state index contributed by atoms with van der Waals surface area (Å²) in [6.07, 6.45) is -0.382. The van der Waals surface area contributed by atoms with Gasteiger partial charge in [-0.3, -0.25) is 9.89 Å². The van der Waals surface area contributed by atoms with Gasteiger partial charge in [-0.25, -0.2) is 9.59 Å². The molecular weight excluding hydrogens is 489 g/mol. The number of benzene rings is 1. The van der Waals surface area contributed by atoms with E-state index in [1.807, 2.05) is 0 Å². The van der Waals surface area contributed by atoms with Crippen LogP contribution in [0.4, 0.5) is 5.00 Å². The number of carbonyl (C=O) groups excluding carboxylic acids is 3. The highest BCUT2D eigenvalue weighted by atomic mass is 35.5. The lowest BCUT2D eigenvalue weighted by Crippen LogP contribution is -2.17. The Labute approximate surface area is 204 Å². The molecule has 0 spiro atoms. The van der Waals surface area contributed by atoms with Gasteiger partial charge in [-0.15, -0.1) is 11.3 Å². The molecule has 2 N–H and O–H groups in total. The molecule has 33 heavy (non-hydrogen) atoms. The minimum absolute atomic E-state index is 0.106. The van der Waals surface area contributed by atoms with Gasteiger partial charge in [0.15, 0.2) is 0 Å². The first-order valence-electron chi connectivity index (χ1n) is 9.96. The highest BCUT2D eigenvalue weighted by molar-refractivity contribution is 7.18. The molecule has 3 rings (SSSR count). The summed E-state index contributed by atoms with van der Waals surface area (Å²) in [6.45, 7) is 6.88. The van der Waals surface area contributed by atoms with Crippen molar-refractivity contribution in [3.05, 3.63) is 56.0 Å². The van der Waals surface area contributed by atoms with E-state index in [9.17, 15) is 14.4 Å². The molecule has 1 amide bonds. The summed E-state index contributed by atoms with van der Waals surface area (Å²) in [6, 6.07) is 6.52. The second kappa shape index (κ2) is 10.4. The van der Waals surface area contributed by atoms with Crippen LogP contribution in [0.5, 0.6) is 0 Å². The van der Waals surface area contributed by atoms with Gasteiger partial charge < -0.3 is 14.8 Å². The smallest absolute Gasteiger partial charge is 0.348 e. The van der Waals surface area contributed by atoms with Crippen LogP contribution in [0.25, 0.3) is 11.3 Å². The molecule has 0 aliphatic carbocycles. The van der Waals surface area contributed by atoms with E-state index < -0.39 is 17.8 Å². The number of anilines is 1. The maximum Gasteiger partial charge on any atom is 0.348 e. The summed E-state index contributed by atoms with van der Waals surface area (Å²) in [5, 5.41) is 10.4. The molecule has 8 nitrogen and oxygen atoms in total. The van der Waals surface area contributed by atoms with Crippen LogP contribution in [0.2, 0.25) is 10.0 Å². The average Bonchev–Trinajstić information content (AvgIpc) is 3.35. The van der Waals surface area contributed by atoms with Crippen molar-refractivity contribution >= 4 is 57.4 Å². The molecule has 174 valence electrons. The zero-order valence-electron chi connectivity index (χ0n) is 18.2. The molecule has 0 bridgehead atoms. The van der Waals surface area contributed by atoms with E-state index >= 15 is 0 Å². The number of H-pyrrole nitrogens is 1. The number of esters is 2. The number of aromatic amines is 1. The quantitative estimate of drug-likeness (QED) is 0.392. The van der Waals surface area contributed by atoms with Crippen molar-refractivity contribution in [3.63, 3.8) is 0 Å². The molecule has 1 aromatic carbocycles. The monoisotopic (exact) mass is 509 g/mol. The molecule has 0 unspecified atom stereocenters. The number of nitrogens with one attached hydrogen (secondary N) is 2. The number of amides is 1. The van der Waals surface area contributed by atoms with Gasteiger partial charge in [0, 0.05) is 5.56 Å². The highest BCUT2D eigenvalue weighted by Gasteiger charge is 2.28. The van der Waals surface area contributed by atoms with Crippen LogP contribution in [0.15, 0.2) is 24.3 Å². The minimum atomic E-state index is -0.647. The van der Waals surface area contributed by atoms with Crippen molar-refractivity contribution in [2.45, 2.75) is 33.8 Å². The van der Waals surface area contributed by atoms with E-state index in [4.69, 9.17) is 32.7 Å². The van der Waals surface area contributed by atoms with Gasteiger partial charge in [0.1, 0.15) is 15.6 Å². The number of halogens is 2. The third-order valence-electron chi connectivity index (χ3n) is 4.42. The molecule has 2 heterocycles. The summed E-state index contributed by atoms with van der Waals surface area (Å²) in [4.78, 5) is 38.1. The second-order valence-electron chi connectivity index (χ2n) is 7.18. The zero-order chi connectivity index (χ0) is 24.3. The van der Waals surface area contributed by atoms with Gasteiger partial charge >= 0.3 is 11.9 Å². The Kier molecular flexibility index (Phi) is 7.78. The Bertz CT molecular complexity index is 1220. The zero-order valence-corrected chi connectivity index (χ0v) is 20.6. The number of aromatic nitrogens is 2. The number of carbonyl (C=O) groups is 3. The summed E-state index contributed by atoms with van der Waals surface area (Å²) in [5.74, 6) is -1.78. The Hall–Kier alpha value is -2.88. The van der Waals surface area contributed by atoms with Crippen LogP contribution in [0.1, 0.15) is 56.9 Å². The lowest BCUT2D eigenvalue weighted by atomic mass is 10.1. The second-order valence-corrected chi connectivity index (χ2v) is 9.02. The highest BCUT2D eigenvalue weighted by Crippen LogP contribution is 2.35.